The van der Waals surface area contributed by atoms with E-state index in [1.54, 1.807) is 35.3 Å². The van der Waals surface area contributed by atoms with Crippen molar-refractivity contribution in [2.24, 2.45) is 0 Å². The van der Waals surface area contributed by atoms with Gasteiger partial charge in [-0.1, -0.05) is 23.7 Å². The van der Waals surface area contributed by atoms with Gasteiger partial charge in [-0.2, -0.15) is 5.10 Å². The molecule has 5 aromatic rings. The third-order valence-corrected chi connectivity index (χ3v) is 6.28. The second-order valence-electron chi connectivity index (χ2n) is 8.12. The number of carbonyl (C=O) groups is 1. The summed E-state index contributed by atoms with van der Waals surface area (Å²) in [5.74, 6) is 0.504. The first-order valence-corrected chi connectivity index (χ1v) is 11.4. The number of nitrogens with one attached hydrogen (secondary N) is 1. The summed E-state index contributed by atoms with van der Waals surface area (Å²) in [6.07, 6.45) is 8.23. The summed E-state index contributed by atoms with van der Waals surface area (Å²) >= 11 is 6.20. The van der Waals surface area contributed by atoms with Gasteiger partial charge in [-0.3, -0.25) is 4.79 Å². The van der Waals surface area contributed by atoms with Crippen LogP contribution in [-0.2, 0) is 0 Å². The van der Waals surface area contributed by atoms with Crippen LogP contribution in [0.15, 0.2) is 83.7 Å². The normalized spacial score (nSPS) is 13.9. The number of furan rings is 1. The summed E-state index contributed by atoms with van der Waals surface area (Å²) in [6.45, 7) is 1.12. The van der Waals surface area contributed by atoms with Gasteiger partial charge in [0.25, 0.3) is 5.91 Å². The highest BCUT2D eigenvalue weighted by Crippen LogP contribution is 2.30. The number of hydrogen-bond acceptors (Lipinski definition) is 4. The molecule has 5 heterocycles. The van der Waals surface area contributed by atoms with Gasteiger partial charge in [0.1, 0.15) is 11.3 Å². The number of carbonyl (C=O) groups excluding carboxylic acids is 1. The Balaban J connectivity index is 1.30. The van der Waals surface area contributed by atoms with Gasteiger partial charge in [-0.15, -0.1) is 0 Å². The molecule has 1 aromatic carbocycles. The molecular weight excluding hydrogens is 450 g/mol. The predicted molar refractivity (Wildman–Crippen MR) is 131 cm³/mol. The van der Waals surface area contributed by atoms with Crippen molar-refractivity contribution in [1.82, 2.24) is 24.6 Å². The Morgan fingerprint density at radius 1 is 1.12 bits per heavy atom. The number of aromatic nitrogens is 4. The molecule has 6 rings (SSSR count). The molecule has 4 aromatic heterocycles. The zero-order valence-electron chi connectivity index (χ0n) is 18.1. The van der Waals surface area contributed by atoms with Gasteiger partial charge < -0.3 is 14.3 Å². The third-order valence-electron chi connectivity index (χ3n) is 6.05. The van der Waals surface area contributed by atoms with Crippen LogP contribution in [-0.4, -0.2) is 43.6 Å². The lowest BCUT2D eigenvalue weighted by molar-refractivity contribution is 0.0766. The van der Waals surface area contributed by atoms with Gasteiger partial charge in [0.2, 0.25) is 0 Å². The van der Waals surface area contributed by atoms with Crippen molar-refractivity contribution in [2.75, 3.05) is 13.1 Å². The van der Waals surface area contributed by atoms with Crippen LogP contribution in [0, 0.1) is 0 Å². The van der Waals surface area contributed by atoms with Crippen LogP contribution in [0.4, 0.5) is 0 Å². The first kappa shape index (κ1) is 20.5. The molecule has 0 fully saturated rings. The quantitative estimate of drug-likeness (QED) is 0.372. The van der Waals surface area contributed by atoms with Crippen molar-refractivity contribution in [1.29, 1.82) is 0 Å². The minimum atomic E-state index is -0.121. The fraction of sp³-hybridized carbons (Fsp3) is 0.115. The highest BCUT2D eigenvalue weighted by atomic mass is 35.5. The second kappa shape index (κ2) is 8.35. The summed E-state index contributed by atoms with van der Waals surface area (Å²) in [6, 6.07) is 16.8. The van der Waals surface area contributed by atoms with Crippen LogP contribution >= 0.6 is 11.6 Å². The van der Waals surface area contributed by atoms with Gasteiger partial charge in [-0.05, 0) is 54.5 Å². The molecule has 0 radical (unpaired) electrons. The molecular formula is C26H20ClN5O2. The monoisotopic (exact) mass is 469 g/mol. The molecule has 0 atom stereocenters. The molecule has 1 aliphatic heterocycles. The van der Waals surface area contributed by atoms with Gasteiger partial charge in [-0.25, -0.2) is 9.67 Å². The Morgan fingerprint density at radius 3 is 2.85 bits per heavy atom. The minimum Gasteiger partial charge on any atom is -0.463 e. The number of aromatic amines is 1. The molecule has 0 bridgehead atoms. The zero-order chi connectivity index (χ0) is 23.1. The van der Waals surface area contributed by atoms with E-state index < -0.39 is 0 Å². The van der Waals surface area contributed by atoms with Gasteiger partial charge >= 0.3 is 0 Å². The van der Waals surface area contributed by atoms with E-state index in [4.69, 9.17) is 16.0 Å². The smallest absolute Gasteiger partial charge is 0.274 e. The lowest BCUT2D eigenvalue weighted by atomic mass is 9.99. The van der Waals surface area contributed by atoms with E-state index >= 15 is 0 Å². The van der Waals surface area contributed by atoms with Crippen molar-refractivity contribution in [2.45, 2.75) is 6.42 Å². The fourth-order valence-electron chi connectivity index (χ4n) is 4.37. The highest BCUT2D eigenvalue weighted by molar-refractivity contribution is 6.30. The van der Waals surface area contributed by atoms with Gasteiger partial charge in [0, 0.05) is 47.5 Å². The topological polar surface area (TPSA) is 80.0 Å². The van der Waals surface area contributed by atoms with E-state index in [9.17, 15) is 4.79 Å². The molecule has 0 aliphatic carbocycles. The number of pyridine rings is 1. The number of benzene rings is 1. The van der Waals surface area contributed by atoms with Crippen molar-refractivity contribution < 1.29 is 9.21 Å². The molecule has 7 nitrogen and oxygen atoms in total. The van der Waals surface area contributed by atoms with Gasteiger partial charge in [0.05, 0.1) is 12.0 Å². The summed E-state index contributed by atoms with van der Waals surface area (Å²) in [5, 5.41) is 6.32. The van der Waals surface area contributed by atoms with E-state index in [2.05, 4.69) is 27.2 Å². The number of halogens is 1. The van der Waals surface area contributed by atoms with Crippen molar-refractivity contribution in [3.63, 3.8) is 0 Å². The molecule has 1 aliphatic rings. The molecule has 1 N–H and O–H groups in total. The molecule has 34 heavy (non-hydrogen) atoms. The summed E-state index contributed by atoms with van der Waals surface area (Å²) in [7, 11) is 0. The van der Waals surface area contributed by atoms with Crippen molar-refractivity contribution in [3.8, 4) is 17.1 Å². The molecule has 0 unspecified atom stereocenters. The molecule has 1 amide bonds. The number of H-pyrrole nitrogens is 1. The fourth-order valence-corrected chi connectivity index (χ4v) is 4.56. The first-order chi connectivity index (χ1) is 16.7. The van der Waals surface area contributed by atoms with Crippen LogP contribution in [0.2, 0.25) is 5.02 Å². The average Bonchev–Trinajstić information content (AvgIpc) is 3.63. The van der Waals surface area contributed by atoms with E-state index in [0.29, 0.717) is 35.3 Å². The number of hydrogen-bond donors (Lipinski definition) is 1. The Morgan fingerprint density at radius 2 is 2.06 bits per heavy atom. The maximum absolute atomic E-state index is 13.4. The molecule has 168 valence electrons. The van der Waals surface area contributed by atoms with E-state index in [1.807, 2.05) is 41.4 Å². The number of fused-ring (bicyclic) bond motifs is 1. The van der Waals surface area contributed by atoms with Crippen LogP contribution in [0.25, 0.3) is 33.7 Å². The lowest BCUT2D eigenvalue weighted by Crippen LogP contribution is -2.35. The lowest BCUT2D eigenvalue weighted by Gasteiger charge is -2.25. The van der Waals surface area contributed by atoms with Gasteiger partial charge in [0.15, 0.2) is 11.5 Å². The number of amides is 1. The summed E-state index contributed by atoms with van der Waals surface area (Å²) in [4.78, 5) is 22.8. The summed E-state index contributed by atoms with van der Waals surface area (Å²) < 4.78 is 7.30. The molecule has 0 saturated carbocycles. The molecule has 0 spiro atoms. The molecule has 8 heteroatoms. The SMILES string of the molecule is O=C(c1cc(-c2ccco2)n(-c2cccc(Cl)c2)n1)N1CC=C(c2c[nH]c3ncccc23)CC1. The molecule has 0 saturated heterocycles. The van der Waals surface area contributed by atoms with Crippen LogP contribution in [0.3, 0.4) is 0 Å². The maximum Gasteiger partial charge on any atom is 0.274 e. The Labute approximate surface area is 200 Å². The Hall–Kier alpha value is -4.10. The van der Waals surface area contributed by atoms with Crippen molar-refractivity contribution in [3.05, 3.63) is 95.6 Å². The van der Waals surface area contributed by atoms with E-state index in [-0.39, 0.29) is 5.91 Å². The average molecular weight is 470 g/mol. The Kier molecular flexibility index (Phi) is 5.04. The largest absolute Gasteiger partial charge is 0.463 e. The van der Waals surface area contributed by atoms with E-state index in [0.717, 1.165) is 28.7 Å². The van der Waals surface area contributed by atoms with Crippen LogP contribution in [0.5, 0.6) is 0 Å². The van der Waals surface area contributed by atoms with Crippen LogP contribution in [0.1, 0.15) is 22.5 Å². The van der Waals surface area contributed by atoms with E-state index in [1.165, 1.54) is 5.57 Å². The predicted octanol–water partition coefficient (Wildman–Crippen LogP) is 5.59. The van der Waals surface area contributed by atoms with Crippen molar-refractivity contribution >= 4 is 34.1 Å². The summed E-state index contributed by atoms with van der Waals surface area (Å²) in [5.41, 5.74) is 5.03. The number of nitrogens with zero attached hydrogens (tertiary/aromatic N) is 4. The number of rotatable bonds is 4. The maximum atomic E-state index is 13.4. The first-order valence-electron chi connectivity index (χ1n) is 11.0. The second-order valence-corrected chi connectivity index (χ2v) is 8.55. The third kappa shape index (κ3) is 3.60. The standard InChI is InChI=1S/C26H20ClN5O2/c27-18-4-1-5-19(14-18)32-23(24-7-3-13-34-24)15-22(30-32)26(33)31-11-8-17(9-12-31)21-16-29-25-20(21)6-2-10-28-25/h1-8,10,13-16H,9,11-12H2,(H,28,29). The Bertz CT molecular complexity index is 1530. The zero-order valence-corrected chi connectivity index (χ0v) is 18.9. The highest BCUT2D eigenvalue weighted by Gasteiger charge is 2.25. The van der Waals surface area contributed by atoms with Crippen LogP contribution < -0.4 is 0 Å². The minimum absolute atomic E-state index is 0.121.